The molecule has 1 aliphatic heterocycles. The smallest absolute Gasteiger partial charge is 0.339 e. The average molecular weight is 811 g/mol. The molecule has 0 aromatic heterocycles. The summed E-state index contributed by atoms with van der Waals surface area (Å²) in [5.41, 5.74) is 3.82. The van der Waals surface area contributed by atoms with Gasteiger partial charge in [-0.15, -0.1) is 0 Å². The summed E-state index contributed by atoms with van der Waals surface area (Å²) >= 11 is 0. The molecule has 4 rings (SSSR count). The first kappa shape index (κ1) is 46.6. The number of carbonyl (C=O) groups is 1. The van der Waals surface area contributed by atoms with Crippen LogP contribution in [0.15, 0.2) is 91.0 Å². The maximum absolute atomic E-state index is 13.6. The lowest BCUT2D eigenvalue weighted by Crippen LogP contribution is -2.67. The normalized spacial score (nSPS) is 19.2. The van der Waals surface area contributed by atoms with Gasteiger partial charge in [0.2, 0.25) is 0 Å². The Labute approximate surface area is 348 Å². The van der Waals surface area contributed by atoms with Crippen molar-refractivity contribution in [1.29, 1.82) is 0 Å². The Hall–Kier alpha value is -3.08. The van der Waals surface area contributed by atoms with Gasteiger partial charge >= 0.3 is 5.97 Å². The zero-order chi connectivity index (χ0) is 42.0. The molecule has 3 aromatic carbocycles. The third-order valence-electron chi connectivity index (χ3n) is 11.5. The van der Waals surface area contributed by atoms with Crippen LogP contribution in [0.2, 0.25) is 30.7 Å². The molecule has 0 aliphatic carbocycles. The predicted octanol–water partition coefficient (Wildman–Crippen LogP) is 11.9. The van der Waals surface area contributed by atoms with Crippen LogP contribution < -0.4 is 10.4 Å². The molecule has 1 saturated heterocycles. The quantitative estimate of drug-likeness (QED) is 0.0522. The van der Waals surface area contributed by atoms with E-state index in [2.05, 4.69) is 165 Å². The summed E-state index contributed by atoms with van der Waals surface area (Å²) in [6, 6.07) is 27.0. The minimum Gasteiger partial charge on any atom is -0.462 e. The summed E-state index contributed by atoms with van der Waals surface area (Å²) in [7, 11) is -4.02. The minimum absolute atomic E-state index is 0.0204. The molecule has 57 heavy (non-hydrogen) atoms. The van der Waals surface area contributed by atoms with E-state index < -0.39 is 22.2 Å². The standard InChI is InChI=1S/C50H74O5Si2/c1-14-15-18-24-41-34-33-38(3)46(48(51)52-35-36-56(11,12)13)44(41)29-23-30-45-47(54-50(9,10)53-45)39(4)32-31-37(2)40(5)55-57(49(6,7)8,42-25-19-16-20-26-42)43-27-21-17-22-28-43/h16-17,19-23,25-29,31-34,37,39-40,45,47H,14-15,18,24,30,35-36H2,1-13H3/b29-23+,32-31-/t37-,39?,40+,45+,47-/m1/s1. The number of carbonyl (C=O) groups excluding carboxylic acids is 1. The fourth-order valence-electron chi connectivity index (χ4n) is 8.04. The largest absolute Gasteiger partial charge is 0.462 e. The average Bonchev–Trinajstić information content (AvgIpc) is 3.46. The second-order valence-electron chi connectivity index (χ2n) is 19.1. The van der Waals surface area contributed by atoms with Gasteiger partial charge in [-0.1, -0.05) is 171 Å². The van der Waals surface area contributed by atoms with E-state index in [1.807, 2.05) is 20.8 Å². The number of aryl methyl sites for hydroxylation is 2. The molecule has 1 aliphatic rings. The topological polar surface area (TPSA) is 54.0 Å². The van der Waals surface area contributed by atoms with Crippen LogP contribution in [0.3, 0.4) is 0 Å². The summed E-state index contributed by atoms with van der Waals surface area (Å²) in [6.07, 6.45) is 13.6. The zero-order valence-corrected chi connectivity index (χ0v) is 39.6. The third kappa shape index (κ3) is 12.5. The monoisotopic (exact) mass is 811 g/mol. The molecule has 0 saturated carbocycles. The second kappa shape index (κ2) is 20.3. The Morgan fingerprint density at radius 2 is 1.49 bits per heavy atom. The van der Waals surface area contributed by atoms with Crippen molar-refractivity contribution in [3.63, 3.8) is 0 Å². The second-order valence-corrected chi connectivity index (χ2v) is 29.0. The van der Waals surface area contributed by atoms with Gasteiger partial charge in [-0.3, -0.25) is 0 Å². The van der Waals surface area contributed by atoms with Crippen LogP contribution in [-0.2, 0) is 25.1 Å². The molecular weight excluding hydrogens is 737 g/mol. The highest BCUT2D eigenvalue weighted by atomic mass is 28.4. The molecule has 0 spiro atoms. The lowest BCUT2D eigenvalue weighted by atomic mass is 9.92. The summed E-state index contributed by atoms with van der Waals surface area (Å²) in [6.45, 7) is 29.3. The molecule has 5 nitrogen and oxygen atoms in total. The van der Waals surface area contributed by atoms with Gasteiger partial charge in [0.15, 0.2) is 5.79 Å². The van der Waals surface area contributed by atoms with Crippen molar-refractivity contribution >= 4 is 38.8 Å². The SMILES string of the molecule is CCCCCc1ccc(C)c(C(=O)OCC[Si](C)(C)C)c1/C=C/C[C@@H]1OC(C)(C)O[C@@H]1C(C)/C=C\[C@@H](C)[C@H](C)O[Si](c1ccccc1)(c1ccccc1)C(C)(C)C. The number of ether oxygens (including phenoxy) is 3. The Kier molecular flexibility index (Phi) is 16.6. The van der Waals surface area contributed by atoms with E-state index in [4.69, 9.17) is 18.6 Å². The van der Waals surface area contributed by atoms with Crippen molar-refractivity contribution < 1.29 is 23.4 Å². The number of hydrogen-bond donors (Lipinski definition) is 0. The Morgan fingerprint density at radius 3 is 2.05 bits per heavy atom. The van der Waals surface area contributed by atoms with Gasteiger partial charge in [-0.2, -0.15) is 0 Å². The Balaban J connectivity index is 1.55. The molecule has 0 bridgehead atoms. The van der Waals surface area contributed by atoms with Crippen molar-refractivity contribution in [1.82, 2.24) is 0 Å². The fourth-order valence-corrected chi connectivity index (χ4v) is 13.5. The molecule has 7 heteroatoms. The van der Waals surface area contributed by atoms with Crippen molar-refractivity contribution in [2.45, 2.75) is 156 Å². The summed E-state index contributed by atoms with van der Waals surface area (Å²) in [5, 5.41) is 2.49. The molecule has 3 aromatic rings. The molecule has 1 fully saturated rings. The van der Waals surface area contributed by atoms with Gasteiger partial charge in [0.1, 0.15) is 0 Å². The van der Waals surface area contributed by atoms with E-state index in [0.717, 1.165) is 42.9 Å². The number of unbranched alkanes of at least 4 members (excludes halogenated alkanes) is 2. The minimum atomic E-state index is -2.69. The van der Waals surface area contributed by atoms with E-state index in [9.17, 15) is 4.79 Å². The van der Waals surface area contributed by atoms with Crippen LogP contribution in [0.5, 0.6) is 0 Å². The Bertz CT molecular complexity index is 1730. The van der Waals surface area contributed by atoms with Crippen LogP contribution in [0.25, 0.3) is 6.08 Å². The van der Waals surface area contributed by atoms with E-state index in [1.165, 1.54) is 15.9 Å². The molecule has 1 heterocycles. The van der Waals surface area contributed by atoms with Gasteiger partial charge in [-0.25, -0.2) is 4.79 Å². The summed E-state index contributed by atoms with van der Waals surface area (Å²) < 4.78 is 26.5. The first-order chi connectivity index (χ1) is 26.8. The van der Waals surface area contributed by atoms with Crippen LogP contribution >= 0.6 is 0 Å². The maximum atomic E-state index is 13.6. The summed E-state index contributed by atoms with van der Waals surface area (Å²) in [5.74, 6) is -0.646. The van der Waals surface area contributed by atoms with Crippen molar-refractivity contribution in [2.24, 2.45) is 11.8 Å². The number of benzene rings is 3. The van der Waals surface area contributed by atoms with Crippen LogP contribution in [0, 0.1) is 18.8 Å². The van der Waals surface area contributed by atoms with Gasteiger partial charge in [-0.05, 0) is 91.0 Å². The van der Waals surface area contributed by atoms with Gasteiger partial charge in [0, 0.05) is 20.1 Å². The molecule has 0 amide bonds. The van der Waals surface area contributed by atoms with E-state index in [0.29, 0.717) is 18.6 Å². The van der Waals surface area contributed by atoms with Crippen LogP contribution in [-0.4, -0.2) is 53.1 Å². The predicted molar refractivity (Wildman–Crippen MR) is 246 cm³/mol. The first-order valence-corrected chi connectivity index (χ1v) is 27.2. The number of rotatable bonds is 19. The van der Waals surface area contributed by atoms with Crippen molar-refractivity contribution in [3.05, 3.63) is 113 Å². The lowest BCUT2D eigenvalue weighted by Gasteiger charge is -2.45. The summed E-state index contributed by atoms with van der Waals surface area (Å²) in [4.78, 5) is 13.6. The number of esters is 1. The fraction of sp³-hybridized carbons (Fsp3) is 0.540. The first-order valence-electron chi connectivity index (χ1n) is 21.6. The van der Waals surface area contributed by atoms with Crippen LogP contribution in [0.4, 0.5) is 0 Å². The van der Waals surface area contributed by atoms with Crippen molar-refractivity contribution in [2.75, 3.05) is 6.61 Å². The highest BCUT2D eigenvalue weighted by molar-refractivity contribution is 6.99. The molecule has 5 atom stereocenters. The van der Waals surface area contributed by atoms with Crippen LogP contribution in [0.1, 0.15) is 115 Å². The Morgan fingerprint density at radius 1 is 0.877 bits per heavy atom. The van der Waals surface area contributed by atoms with Crippen molar-refractivity contribution in [3.8, 4) is 0 Å². The molecule has 312 valence electrons. The number of hydrogen-bond acceptors (Lipinski definition) is 5. The van der Waals surface area contributed by atoms with Gasteiger partial charge in [0.25, 0.3) is 8.32 Å². The van der Waals surface area contributed by atoms with E-state index in [-0.39, 0.29) is 41.2 Å². The highest BCUT2D eigenvalue weighted by Gasteiger charge is 2.51. The molecular formula is C50H74O5Si2. The van der Waals surface area contributed by atoms with E-state index >= 15 is 0 Å². The maximum Gasteiger partial charge on any atom is 0.339 e. The lowest BCUT2D eigenvalue weighted by molar-refractivity contribution is -0.148. The molecule has 0 radical (unpaired) electrons. The zero-order valence-electron chi connectivity index (χ0n) is 37.6. The third-order valence-corrected chi connectivity index (χ3v) is 18.3. The van der Waals surface area contributed by atoms with E-state index in [1.54, 1.807) is 0 Å². The molecule has 0 N–H and O–H groups in total. The van der Waals surface area contributed by atoms with Gasteiger partial charge < -0.3 is 18.6 Å². The highest BCUT2D eigenvalue weighted by Crippen LogP contribution is 2.39. The van der Waals surface area contributed by atoms with Gasteiger partial charge in [0.05, 0.1) is 24.4 Å². The molecule has 1 unspecified atom stereocenters.